The molecule has 2 aliphatic heterocycles. The molecule has 3 rings (SSSR count). The Morgan fingerprint density at radius 3 is 2.67 bits per heavy atom. The number of carbonyl (C=O) groups excluding carboxylic acids is 1. The molecular weight excluding hydrogens is 226 g/mol. The zero-order valence-electron chi connectivity index (χ0n) is 11.2. The highest BCUT2D eigenvalue weighted by Crippen LogP contribution is 2.24. The number of hydrogen-bond donors (Lipinski definition) is 2. The van der Waals surface area contributed by atoms with Crippen LogP contribution >= 0.6 is 0 Å². The van der Waals surface area contributed by atoms with E-state index in [1.54, 1.807) is 0 Å². The molecule has 4 nitrogen and oxygen atoms in total. The van der Waals surface area contributed by atoms with Crippen molar-refractivity contribution in [3.05, 3.63) is 0 Å². The summed E-state index contributed by atoms with van der Waals surface area (Å²) in [5.41, 5.74) is 0. The summed E-state index contributed by atoms with van der Waals surface area (Å²) in [6.45, 7) is 4.55. The molecule has 1 saturated carbocycles. The predicted octanol–water partition coefficient (Wildman–Crippen LogP) is 0.729. The number of carbonyl (C=O) groups is 1. The molecule has 4 heteroatoms. The summed E-state index contributed by atoms with van der Waals surface area (Å²) in [6.07, 6.45) is 7.16. The zero-order valence-corrected chi connectivity index (χ0v) is 11.2. The van der Waals surface area contributed by atoms with E-state index in [2.05, 4.69) is 15.5 Å². The number of nitrogens with zero attached hydrogens (tertiary/aromatic N) is 1. The van der Waals surface area contributed by atoms with Crippen molar-refractivity contribution in [1.82, 2.24) is 15.5 Å². The van der Waals surface area contributed by atoms with Crippen LogP contribution in [-0.2, 0) is 4.79 Å². The molecule has 3 fully saturated rings. The van der Waals surface area contributed by atoms with E-state index in [1.165, 1.54) is 32.1 Å². The lowest BCUT2D eigenvalue weighted by Crippen LogP contribution is -2.46. The number of amides is 1. The highest BCUT2D eigenvalue weighted by atomic mass is 16.2. The molecule has 2 heterocycles. The maximum absolute atomic E-state index is 12.2. The Balaban J connectivity index is 1.51. The summed E-state index contributed by atoms with van der Waals surface area (Å²) < 4.78 is 0. The summed E-state index contributed by atoms with van der Waals surface area (Å²) >= 11 is 0. The first-order valence-electron chi connectivity index (χ1n) is 7.58. The number of nitrogens with one attached hydrogen (secondary N) is 2. The number of rotatable bonds is 4. The summed E-state index contributed by atoms with van der Waals surface area (Å²) in [5, 5.41) is 6.58. The van der Waals surface area contributed by atoms with Gasteiger partial charge in [0, 0.05) is 12.6 Å². The van der Waals surface area contributed by atoms with Gasteiger partial charge in [-0.05, 0) is 64.1 Å². The summed E-state index contributed by atoms with van der Waals surface area (Å²) in [4.78, 5) is 14.6. The fraction of sp³-hybridized carbons (Fsp3) is 0.929. The van der Waals surface area contributed by atoms with Gasteiger partial charge in [-0.2, -0.15) is 0 Å². The Kier molecular flexibility index (Phi) is 3.85. The second-order valence-electron chi connectivity index (χ2n) is 6.13. The van der Waals surface area contributed by atoms with Gasteiger partial charge in [-0.1, -0.05) is 0 Å². The SMILES string of the molecule is O=C(NC1CC1)C1CCCN1CC1CCNCC1. The van der Waals surface area contributed by atoms with E-state index in [0.717, 1.165) is 38.5 Å². The van der Waals surface area contributed by atoms with Crippen LogP contribution in [0.1, 0.15) is 38.5 Å². The molecular formula is C14H25N3O. The molecule has 3 aliphatic rings. The second kappa shape index (κ2) is 5.57. The first kappa shape index (κ1) is 12.4. The van der Waals surface area contributed by atoms with E-state index in [4.69, 9.17) is 0 Å². The largest absolute Gasteiger partial charge is 0.352 e. The lowest BCUT2D eigenvalue weighted by molar-refractivity contribution is -0.125. The molecule has 0 spiro atoms. The van der Waals surface area contributed by atoms with Gasteiger partial charge in [0.15, 0.2) is 0 Å². The first-order valence-corrected chi connectivity index (χ1v) is 7.58. The average Bonchev–Trinajstić information content (AvgIpc) is 3.07. The average molecular weight is 251 g/mol. The van der Waals surface area contributed by atoms with Gasteiger partial charge in [0.2, 0.25) is 5.91 Å². The highest BCUT2D eigenvalue weighted by molar-refractivity contribution is 5.82. The van der Waals surface area contributed by atoms with Crippen LogP contribution in [0, 0.1) is 5.92 Å². The fourth-order valence-electron chi connectivity index (χ4n) is 3.26. The summed E-state index contributed by atoms with van der Waals surface area (Å²) in [6, 6.07) is 0.666. The highest BCUT2D eigenvalue weighted by Gasteiger charge is 2.34. The standard InChI is InChI=1S/C14H25N3O/c18-14(16-12-3-4-12)13-2-1-9-17(13)10-11-5-7-15-8-6-11/h11-13,15H,1-10H2,(H,16,18). The van der Waals surface area contributed by atoms with E-state index in [0.29, 0.717) is 11.9 Å². The molecule has 1 aliphatic carbocycles. The van der Waals surface area contributed by atoms with Crippen molar-refractivity contribution < 1.29 is 4.79 Å². The van der Waals surface area contributed by atoms with Gasteiger partial charge in [0.05, 0.1) is 6.04 Å². The van der Waals surface area contributed by atoms with Gasteiger partial charge >= 0.3 is 0 Å². The van der Waals surface area contributed by atoms with Crippen LogP contribution in [0.4, 0.5) is 0 Å². The monoisotopic (exact) mass is 251 g/mol. The Labute approximate surface area is 109 Å². The van der Waals surface area contributed by atoms with Crippen LogP contribution in [0.3, 0.4) is 0 Å². The third-order valence-corrected chi connectivity index (χ3v) is 4.54. The summed E-state index contributed by atoms with van der Waals surface area (Å²) in [7, 11) is 0. The van der Waals surface area contributed by atoms with Gasteiger partial charge in [-0.15, -0.1) is 0 Å². The molecule has 0 radical (unpaired) electrons. The van der Waals surface area contributed by atoms with Crippen molar-refractivity contribution >= 4 is 5.91 Å². The van der Waals surface area contributed by atoms with Crippen LogP contribution in [0.2, 0.25) is 0 Å². The maximum Gasteiger partial charge on any atom is 0.237 e. The Morgan fingerprint density at radius 2 is 1.94 bits per heavy atom. The molecule has 1 atom stereocenters. The quantitative estimate of drug-likeness (QED) is 0.774. The van der Waals surface area contributed by atoms with E-state index in [9.17, 15) is 4.79 Å². The summed E-state index contributed by atoms with van der Waals surface area (Å²) in [5.74, 6) is 1.09. The zero-order chi connectivity index (χ0) is 12.4. The van der Waals surface area contributed by atoms with Gasteiger partial charge in [0.25, 0.3) is 0 Å². The molecule has 2 N–H and O–H groups in total. The van der Waals surface area contributed by atoms with E-state index in [-0.39, 0.29) is 6.04 Å². The molecule has 0 aromatic heterocycles. The Hall–Kier alpha value is -0.610. The first-order chi connectivity index (χ1) is 8.83. The lowest BCUT2D eigenvalue weighted by atomic mass is 9.97. The molecule has 0 aromatic rings. The van der Waals surface area contributed by atoms with Crippen molar-refractivity contribution in [2.24, 2.45) is 5.92 Å². The second-order valence-corrected chi connectivity index (χ2v) is 6.13. The van der Waals surface area contributed by atoms with Gasteiger partial charge in [-0.25, -0.2) is 0 Å². The molecule has 0 bridgehead atoms. The van der Waals surface area contributed by atoms with Gasteiger partial charge in [-0.3, -0.25) is 9.69 Å². The minimum absolute atomic E-state index is 0.167. The molecule has 0 aromatic carbocycles. The molecule has 102 valence electrons. The van der Waals surface area contributed by atoms with Crippen LogP contribution in [0.25, 0.3) is 0 Å². The topological polar surface area (TPSA) is 44.4 Å². The van der Waals surface area contributed by atoms with E-state index < -0.39 is 0 Å². The molecule has 1 unspecified atom stereocenters. The van der Waals surface area contributed by atoms with Crippen molar-refractivity contribution in [1.29, 1.82) is 0 Å². The minimum atomic E-state index is 0.167. The van der Waals surface area contributed by atoms with Crippen LogP contribution < -0.4 is 10.6 Å². The molecule has 2 saturated heterocycles. The van der Waals surface area contributed by atoms with Crippen LogP contribution in [0.15, 0.2) is 0 Å². The Bertz CT molecular complexity index is 297. The van der Waals surface area contributed by atoms with Crippen molar-refractivity contribution in [3.8, 4) is 0 Å². The normalized spacial score (nSPS) is 30.6. The lowest BCUT2D eigenvalue weighted by Gasteiger charge is -2.30. The van der Waals surface area contributed by atoms with E-state index >= 15 is 0 Å². The minimum Gasteiger partial charge on any atom is -0.352 e. The third kappa shape index (κ3) is 3.04. The molecule has 18 heavy (non-hydrogen) atoms. The van der Waals surface area contributed by atoms with Gasteiger partial charge in [0.1, 0.15) is 0 Å². The molecule has 1 amide bonds. The maximum atomic E-state index is 12.2. The number of piperidine rings is 1. The smallest absolute Gasteiger partial charge is 0.237 e. The Morgan fingerprint density at radius 1 is 1.17 bits per heavy atom. The number of hydrogen-bond acceptors (Lipinski definition) is 3. The number of likely N-dealkylation sites (tertiary alicyclic amines) is 1. The van der Waals surface area contributed by atoms with Crippen molar-refractivity contribution in [2.45, 2.75) is 50.6 Å². The van der Waals surface area contributed by atoms with Crippen LogP contribution in [-0.4, -0.2) is 49.1 Å². The van der Waals surface area contributed by atoms with E-state index in [1.807, 2.05) is 0 Å². The van der Waals surface area contributed by atoms with Crippen molar-refractivity contribution in [3.63, 3.8) is 0 Å². The van der Waals surface area contributed by atoms with Crippen LogP contribution in [0.5, 0.6) is 0 Å². The third-order valence-electron chi connectivity index (χ3n) is 4.54. The van der Waals surface area contributed by atoms with Gasteiger partial charge < -0.3 is 10.6 Å². The fourth-order valence-corrected chi connectivity index (χ4v) is 3.26. The van der Waals surface area contributed by atoms with Crippen molar-refractivity contribution in [2.75, 3.05) is 26.2 Å². The predicted molar refractivity (Wildman–Crippen MR) is 71.4 cm³/mol.